The first-order valence-corrected chi connectivity index (χ1v) is 9.96. The third-order valence-corrected chi connectivity index (χ3v) is 5.33. The number of hydrogen-bond acceptors (Lipinski definition) is 7. The van der Waals surface area contributed by atoms with Crippen LogP contribution >= 0.6 is 0 Å². The van der Waals surface area contributed by atoms with Crippen molar-refractivity contribution in [3.8, 4) is 5.75 Å². The van der Waals surface area contributed by atoms with Crippen LogP contribution in [0.3, 0.4) is 0 Å². The summed E-state index contributed by atoms with van der Waals surface area (Å²) in [5, 5.41) is 13.7. The van der Waals surface area contributed by atoms with Crippen LogP contribution in [0.5, 0.6) is 5.75 Å². The highest BCUT2D eigenvalue weighted by Crippen LogP contribution is 2.28. The van der Waals surface area contributed by atoms with Crippen LogP contribution in [0.4, 0.5) is 17.2 Å². The third-order valence-electron chi connectivity index (χ3n) is 3.96. The van der Waals surface area contributed by atoms with E-state index in [9.17, 15) is 23.3 Å². The summed E-state index contributed by atoms with van der Waals surface area (Å²) in [5.74, 6) is -0.384. The first-order chi connectivity index (χ1) is 14.3. The molecule has 0 radical (unpaired) electrons. The van der Waals surface area contributed by atoms with Crippen LogP contribution in [-0.4, -0.2) is 31.3 Å². The van der Waals surface area contributed by atoms with Crippen LogP contribution in [0.2, 0.25) is 0 Å². The van der Waals surface area contributed by atoms with Gasteiger partial charge in [-0.1, -0.05) is 6.07 Å². The normalized spacial score (nSPS) is 10.8. The number of carbonyl (C=O) groups is 1. The summed E-state index contributed by atoms with van der Waals surface area (Å²) >= 11 is 0. The minimum absolute atomic E-state index is 0.0220. The van der Waals surface area contributed by atoms with E-state index in [1.807, 2.05) is 0 Å². The summed E-state index contributed by atoms with van der Waals surface area (Å²) in [7, 11) is -2.56. The summed E-state index contributed by atoms with van der Waals surface area (Å²) in [6, 6.07) is 14.1. The van der Waals surface area contributed by atoms with Crippen molar-refractivity contribution < 1.29 is 22.9 Å². The van der Waals surface area contributed by atoms with E-state index in [1.165, 1.54) is 55.8 Å². The molecule has 2 aromatic carbocycles. The molecular weight excluding hydrogens is 412 g/mol. The second-order valence-corrected chi connectivity index (χ2v) is 7.63. The number of ether oxygens (including phenoxy) is 1. The van der Waals surface area contributed by atoms with E-state index in [-0.39, 0.29) is 27.7 Å². The van der Waals surface area contributed by atoms with Gasteiger partial charge >= 0.3 is 5.69 Å². The van der Waals surface area contributed by atoms with E-state index >= 15 is 0 Å². The SMILES string of the molecule is COc1ccc(C(=O)Nc2ccc(S(=O)(=O)Nc3ccccn3)cc2)cc1[N+](=O)[O-]. The fourth-order valence-corrected chi connectivity index (χ4v) is 3.52. The number of hydrogen-bond donors (Lipinski definition) is 2. The fraction of sp³-hybridized carbons (Fsp3) is 0.0526. The molecule has 3 rings (SSSR count). The lowest BCUT2D eigenvalue weighted by Gasteiger charge is -2.09. The van der Waals surface area contributed by atoms with Gasteiger partial charge in [-0.2, -0.15) is 0 Å². The lowest BCUT2D eigenvalue weighted by molar-refractivity contribution is -0.385. The standard InChI is InChI=1S/C19H16N4O6S/c1-29-17-10-5-13(12-16(17)23(25)26)19(24)21-14-6-8-15(9-7-14)30(27,28)22-18-4-2-3-11-20-18/h2-12H,1H3,(H,20,22)(H,21,24). The summed E-state index contributed by atoms with van der Waals surface area (Å²) in [5.41, 5.74) is 0.0264. The molecule has 10 nitrogen and oxygen atoms in total. The molecule has 3 aromatic rings. The van der Waals surface area contributed by atoms with Crippen LogP contribution in [0.25, 0.3) is 0 Å². The highest BCUT2D eigenvalue weighted by molar-refractivity contribution is 7.92. The Balaban J connectivity index is 1.75. The number of amides is 1. The average Bonchev–Trinajstić information content (AvgIpc) is 2.74. The third kappa shape index (κ3) is 4.70. The number of benzene rings is 2. The van der Waals surface area contributed by atoms with Crippen molar-refractivity contribution in [1.82, 2.24) is 4.98 Å². The number of rotatable bonds is 7. The second-order valence-electron chi connectivity index (χ2n) is 5.94. The van der Waals surface area contributed by atoms with Crippen molar-refractivity contribution in [2.24, 2.45) is 0 Å². The molecule has 0 atom stereocenters. The number of pyridine rings is 1. The van der Waals surface area contributed by atoms with Gasteiger partial charge in [0.1, 0.15) is 5.82 Å². The van der Waals surface area contributed by atoms with Crippen molar-refractivity contribution in [1.29, 1.82) is 0 Å². The van der Waals surface area contributed by atoms with Crippen molar-refractivity contribution in [2.45, 2.75) is 4.90 Å². The van der Waals surface area contributed by atoms with Gasteiger partial charge in [-0.15, -0.1) is 0 Å². The minimum Gasteiger partial charge on any atom is -0.490 e. The van der Waals surface area contributed by atoms with Gasteiger partial charge in [0, 0.05) is 23.5 Å². The van der Waals surface area contributed by atoms with Gasteiger partial charge in [0.2, 0.25) is 0 Å². The number of nitrogens with zero attached hydrogens (tertiary/aromatic N) is 2. The molecule has 30 heavy (non-hydrogen) atoms. The van der Waals surface area contributed by atoms with Gasteiger partial charge in [-0.3, -0.25) is 19.6 Å². The smallest absolute Gasteiger partial charge is 0.311 e. The molecule has 0 aliphatic heterocycles. The van der Waals surface area contributed by atoms with Crippen LogP contribution in [0.1, 0.15) is 10.4 Å². The minimum atomic E-state index is -3.85. The zero-order chi connectivity index (χ0) is 21.7. The second kappa shape index (κ2) is 8.57. The molecule has 0 saturated heterocycles. The Morgan fingerprint density at radius 2 is 1.83 bits per heavy atom. The molecule has 0 aliphatic carbocycles. The van der Waals surface area contributed by atoms with E-state index < -0.39 is 20.9 Å². The van der Waals surface area contributed by atoms with Gasteiger partial charge in [0.25, 0.3) is 15.9 Å². The maximum atomic E-state index is 12.4. The largest absolute Gasteiger partial charge is 0.490 e. The van der Waals surface area contributed by atoms with Crippen molar-refractivity contribution >= 4 is 33.1 Å². The van der Waals surface area contributed by atoms with Crippen LogP contribution in [-0.2, 0) is 10.0 Å². The Morgan fingerprint density at radius 1 is 1.10 bits per heavy atom. The molecule has 1 amide bonds. The predicted octanol–water partition coefficient (Wildman–Crippen LogP) is 3.05. The number of nitro benzene ring substituents is 1. The summed E-state index contributed by atoms with van der Waals surface area (Å²) in [6.07, 6.45) is 1.46. The number of carbonyl (C=O) groups excluding carboxylic acids is 1. The highest BCUT2D eigenvalue weighted by Gasteiger charge is 2.19. The fourth-order valence-electron chi connectivity index (χ4n) is 2.51. The molecular formula is C19H16N4O6S. The summed E-state index contributed by atoms with van der Waals surface area (Å²) in [4.78, 5) is 26.7. The number of methoxy groups -OCH3 is 1. The number of nitro groups is 1. The van der Waals surface area contributed by atoms with Crippen LogP contribution in [0, 0.1) is 10.1 Å². The average molecular weight is 428 g/mol. The Labute approximate surface area is 171 Å². The number of aromatic nitrogens is 1. The van der Waals surface area contributed by atoms with E-state index in [0.717, 1.165) is 6.07 Å². The number of nitrogens with one attached hydrogen (secondary N) is 2. The zero-order valence-corrected chi connectivity index (χ0v) is 16.4. The maximum Gasteiger partial charge on any atom is 0.311 e. The van der Waals surface area contributed by atoms with Crippen molar-refractivity contribution in [3.63, 3.8) is 0 Å². The lowest BCUT2D eigenvalue weighted by Crippen LogP contribution is -2.15. The van der Waals surface area contributed by atoms with Crippen molar-refractivity contribution in [2.75, 3.05) is 17.1 Å². The Hall–Kier alpha value is -3.99. The molecule has 154 valence electrons. The van der Waals surface area contributed by atoms with Crippen LogP contribution < -0.4 is 14.8 Å². The molecule has 0 saturated carbocycles. The predicted molar refractivity (Wildman–Crippen MR) is 109 cm³/mol. The molecule has 0 aliphatic rings. The first-order valence-electron chi connectivity index (χ1n) is 8.48. The number of sulfonamides is 1. The van der Waals surface area contributed by atoms with Gasteiger partial charge in [0.15, 0.2) is 5.75 Å². The van der Waals surface area contributed by atoms with Gasteiger partial charge in [0.05, 0.1) is 16.9 Å². The Kier molecular flexibility index (Phi) is 5.93. The van der Waals surface area contributed by atoms with Crippen molar-refractivity contribution in [3.05, 3.63) is 82.5 Å². The molecule has 11 heteroatoms. The molecule has 1 aromatic heterocycles. The summed E-state index contributed by atoms with van der Waals surface area (Å²) < 4.78 is 32.1. The van der Waals surface area contributed by atoms with E-state index in [4.69, 9.17) is 4.74 Å². The zero-order valence-electron chi connectivity index (χ0n) is 15.6. The molecule has 0 unspecified atom stereocenters. The topological polar surface area (TPSA) is 141 Å². The maximum absolute atomic E-state index is 12.4. The van der Waals surface area contributed by atoms with E-state index in [1.54, 1.807) is 12.1 Å². The molecule has 0 bridgehead atoms. The van der Waals surface area contributed by atoms with Gasteiger partial charge < -0.3 is 10.1 Å². The lowest BCUT2D eigenvalue weighted by atomic mass is 10.1. The quantitative estimate of drug-likeness (QED) is 0.435. The van der Waals surface area contributed by atoms with E-state index in [2.05, 4.69) is 15.0 Å². The Bertz CT molecular complexity index is 1180. The highest BCUT2D eigenvalue weighted by atomic mass is 32.2. The molecule has 0 fully saturated rings. The molecule has 0 spiro atoms. The van der Waals surface area contributed by atoms with E-state index in [0.29, 0.717) is 5.69 Å². The Morgan fingerprint density at radius 3 is 2.43 bits per heavy atom. The first kappa shape index (κ1) is 20.7. The number of anilines is 2. The monoisotopic (exact) mass is 428 g/mol. The van der Waals surface area contributed by atoms with Gasteiger partial charge in [-0.25, -0.2) is 13.4 Å². The summed E-state index contributed by atoms with van der Waals surface area (Å²) in [6.45, 7) is 0. The molecule has 1 heterocycles. The van der Waals surface area contributed by atoms with Gasteiger partial charge in [-0.05, 0) is 48.5 Å². The molecule has 2 N–H and O–H groups in total. The van der Waals surface area contributed by atoms with Crippen LogP contribution in [0.15, 0.2) is 71.8 Å².